The lowest BCUT2D eigenvalue weighted by Gasteiger charge is -2.38. The van der Waals surface area contributed by atoms with Crippen LogP contribution in [0, 0.1) is 27.7 Å². The van der Waals surface area contributed by atoms with Crippen molar-refractivity contribution in [3.05, 3.63) is 82.4 Å². The average molecular weight is 494 g/mol. The van der Waals surface area contributed by atoms with E-state index >= 15 is 0 Å². The third-order valence-corrected chi connectivity index (χ3v) is 7.97. The van der Waals surface area contributed by atoms with Crippen LogP contribution in [-0.2, 0) is 10.0 Å². The van der Waals surface area contributed by atoms with Crippen molar-refractivity contribution in [2.75, 3.05) is 40.7 Å². The molecular weight excluding hydrogens is 462 g/mol. The summed E-state index contributed by atoms with van der Waals surface area (Å²) in [7, 11) is -3.85. The Morgan fingerprint density at radius 2 is 1.37 bits per heavy atom. The first-order valence-electron chi connectivity index (χ1n) is 11.6. The zero-order chi connectivity index (χ0) is 25.3. The van der Waals surface area contributed by atoms with Crippen LogP contribution in [0.5, 0.6) is 0 Å². The minimum atomic E-state index is -3.85. The molecule has 0 spiro atoms. The molecule has 0 bridgehead atoms. The van der Waals surface area contributed by atoms with E-state index in [9.17, 15) is 18.3 Å². The standard InChI is InChI=1S/C27H31N3O4S/c1-18-6-10-26(21(4)15-18)35(33,34)28-22-8-9-24(23(17-22)27(31)32)29-11-13-30(14-12-29)25-16-19(2)5-7-20(25)3/h5-10,15-17,28H,11-14H2,1-4H3,(H,31,32). The van der Waals surface area contributed by atoms with E-state index in [1.165, 1.54) is 22.9 Å². The zero-order valence-corrected chi connectivity index (χ0v) is 21.3. The monoisotopic (exact) mass is 493 g/mol. The van der Waals surface area contributed by atoms with Gasteiger partial charge in [0.2, 0.25) is 0 Å². The van der Waals surface area contributed by atoms with E-state index < -0.39 is 16.0 Å². The molecule has 8 heteroatoms. The van der Waals surface area contributed by atoms with Gasteiger partial charge in [0.05, 0.1) is 16.1 Å². The molecule has 0 amide bonds. The summed E-state index contributed by atoms with van der Waals surface area (Å²) in [5.41, 5.74) is 6.12. The predicted molar refractivity (Wildman–Crippen MR) is 140 cm³/mol. The lowest BCUT2D eigenvalue weighted by molar-refractivity contribution is 0.0697. The number of piperazine rings is 1. The normalized spacial score (nSPS) is 14.2. The molecule has 0 unspecified atom stereocenters. The van der Waals surface area contributed by atoms with Crippen LogP contribution in [0.15, 0.2) is 59.5 Å². The van der Waals surface area contributed by atoms with Crippen molar-refractivity contribution in [1.29, 1.82) is 0 Å². The highest BCUT2D eigenvalue weighted by Crippen LogP contribution is 2.29. The summed E-state index contributed by atoms with van der Waals surface area (Å²) in [6.07, 6.45) is 0. The number of aryl methyl sites for hydroxylation is 4. The molecule has 4 rings (SSSR count). The number of anilines is 3. The van der Waals surface area contributed by atoms with E-state index in [-0.39, 0.29) is 16.1 Å². The van der Waals surface area contributed by atoms with Gasteiger partial charge in [-0.15, -0.1) is 0 Å². The Kier molecular flexibility index (Phi) is 6.76. The Morgan fingerprint density at radius 1 is 0.771 bits per heavy atom. The molecule has 0 aromatic heterocycles. The van der Waals surface area contributed by atoms with E-state index in [0.717, 1.165) is 18.7 Å². The number of nitrogens with one attached hydrogen (secondary N) is 1. The second-order valence-corrected chi connectivity index (χ2v) is 10.8. The number of carboxylic acid groups (broad SMARTS) is 1. The maximum atomic E-state index is 12.9. The number of carbonyl (C=O) groups is 1. The van der Waals surface area contributed by atoms with Crippen LogP contribution in [0.4, 0.5) is 17.1 Å². The lowest BCUT2D eigenvalue weighted by Crippen LogP contribution is -2.47. The van der Waals surface area contributed by atoms with E-state index in [1.54, 1.807) is 37.3 Å². The van der Waals surface area contributed by atoms with Gasteiger partial charge in [0, 0.05) is 37.6 Å². The molecule has 1 saturated heterocycles. The third kappa shape index (κ3) is 5.27. The van der Waals surface area contributed by atoms with Gasteiger partial charge in [0.1, 0.15) is 0 Å². The molecule has 3 aromatic carbocycles. The molecule has 2 N–H and O–H groups in total. The molecule has 0 aliphatic carbocycles. The smallest absolute Gasteiger partial charge is 0.337 e. The molecule has 0 saturated carbocycles. The van der Waals surface area contributed by atoms with Gasteiger partial charge in [-0.1, -0.05) is 29.8 Å². The first kappa shape index (κ1) is 24.6. The van der Waals surface area contributed by atoms with Gasteiger partial charge in [-0.2, -0.15) is 0 Å². The van der Waals surface area contributed by atoms with Crippen LogP contribution in [-0.4, -0.2) is 45.7 Å². The quantitative estimate of drug-likeness (QED) is 0.515. The molecule has 3 aromatic rings. The fourth-order valence-corrected chi connectivity index (χ4v) is 5.88. The maximum Gasteiger partial charge on any atom is 0.337 e. The van der Waals surface area contributed by atoms with Crippen LogP contribution in [0.3, 0.4) is 0 Å². The van der Waals surface area contributed by atoms with E-state index in [4.69, 9.17) is 0 Å². The number of carboxylic acids is 1. The van der Waals surface area contributed by atoms with Crippen molar-refractivity contribution in [2.24, 2.45) is 0 Å². The van der Waals surface area contributed by atoms with Crippen molar-refractivity contribution in [1.82, 2.24) is 0 Å². The van der Waals surface area contributed by atoms with Gasteiger partial charge in [-0.25, -0.2) is 13.2 Å². The summed E-state index contributed by atoms with van der Waals surface area (Å²) in [5.74, 6) is -1.09. The maximum absolute atomic E-state index is 12.9. The lowest BCUT2D eigenvalue weighted by atomic mass is 10.1. The van der Waals surface area contributed by atoms with Crippen LogP contribution in [0.25, 0.3) is 0 Å². The first-order chi connectivity index (χ1) is 16.5. The Hall–Kier alpha value is -3.52. The molecule has 184 valence electrons. The summed E-state index contributed by atoms with van der Waals surface area (Å²) < 4.78 is 28.4. The molecule has 7 nitrogen and oxygen atoms in total. The first-order valence-corrected chi connectivity index (χ1v) is 13.1. The summed E-state index contributed by atoms with van der Waals surface area (Å²) in [6.45, 7) is 10.7. The van der Waals surface area contributed by atoms with E-state index in [0.29, 0.717) is 24.3 Å². The highest BCUT2D eigenvalue weighted by atomic mass is 32.2. The van der Waals surface area contributed by atoms with Crippen LogP contribution in [0.1, 0.15) is 32.6 Å². The Bertz CT molecular complexity index is 1380. The molecule has 1 aliphatic rings. The molecule has 1 heterocycles. The van der Waals surface area contributed by atoms with E-state index in [1.807, 2.05) is 11.8 Å². The Morgan fingerprint density at radius 3 is 2.00 bits per heavy atom. The minimum Gasteiger partial charge on any atom is -0.478 e. The van der Waals surface area contributed by atoms with Crippen LogP contribution < -0.4 is 14.5 Å². The number of hydrogen-bond acceptors (Lipinski definition) is 5. The molecule has 0 radical (unpaired) electrons. The number of nitrogens with zero attached hydrogens (tertiary/aromatic N) is 2. The zero-order valence-electron chi connectivity index (χ0n) is 20.5. The minimum absolute atomic E-state index is 0.0750. The van der Waals surface area contributed by atoms with Gasteiger partial charge in [0.25, 0.3) is 10.0 Å². The summed E-state index contributed by atoms with van der Waals surface area (Å²) in [4.78, 5) is 16.6. The van der Waals surface area contributed by atoms with Crippen LogP contribution in [0.2, 0.25) is 0 Å². The van der Waals surface area contributed by atoms with E-state index in [2.05, 4.69) is 41.7 Å². The summed E-state index contributed by atoms with van der Waals surface area (Å²) in [6, 6.07) is 16.2. The fourth-order valence-electron chi connectivity index (χ4n) is 4.61. The number of sulfonamides is 1. The van der Waals surface area contributed by atoms with Crippen molar-refractivity contribution in [3.63, 3.8) is 0 Å². The topological polar surface area (TPSA) is 90.0 Å². The second kappa shape index (κ2) is 9.62. The molecular formula is C27H31N3O4S. The Labute approximate surface area is 207 Å². The highest BCUT2D eigenvalue weighted by molar-refractivity contribution is 7.92. The van der Waals surface area contributed by atoms with Gasteiger partial charge in [-0.05, 0) is 74.7 Å². The van der Waals surface area contributed by atoms with Crippen molar-refractivity contribution in [3.8, 4) is 0 Å². The summed E-state index contributed by atoms with van der Waals surface area (Å²) in [5, 5.41) is 9.89. The second-order valence-electron chi connectivity index (χ2n) is 9.18. The number of aromatic carboxylic acids is 1. The third-order valence-electron chi connectivity index (χ3n) is 6.42. The van der Waals surface area contributed by atoms with Gasteiger partial charge >= 0.3 is 5.97 Å². The fraction of sp³-hybridized carbons (Fsp3) is 0.296. The molecule has 0 atom stereocenters. The number of benzene rings is 3. The number of rotatable bonds is 6. The van der Waals surface area contributed by atoms with Crippen LogP contribution >= 0.6 is 0 Å². The van der Waals surface area contributed by atoms with Gasteiger partial charge in [0.15, 0.2) is 0 Å². The van der Waals surface area contributed by atoms with Crippen molar-refractivity contribution >= 4 is 33.1 Å². The van der Waals surface area contributed by atoms with Gasteiger partial charge < -0.3 is 14.9 Å². The average Bonchev–Trinajstić information content (AvgIpc) is 2.80. The predicted octanol–water partition coefficient (Wildman–Crippen LogP) is 4.75. The highest BCUT2D eigenvalue weighted by Gasteiger charge is 2.24. The largest absolute Gasteiger partial charge is 0.478 e. The molecule has 1 fully saturated rings. The van der Waals surface area contributed by atoms with Crippen molar-refractivity contribution in [2.45, 2.75) is 32.6 Å². The molecule has 1 aliphatic heterocycles. The van der Waals surface area contributed by atoms with Crippen molar-refractivity contribution < 1.29 is 18.3 Å². The molecule has 35 heavy (non-hydrogen) atoms. The number of hydrogen-bond donors (Lipinski definition) is 2. The summed E-state index contributed by atoms with van der Waals surface area (Å²) >= 11 is 0. The SMILES string of the molecule is Cc1ccc(S(=O)(=O)Nc2ccc(N3CCN(c4cc(C)ccc4C)CC3)c(C(=O)O)c2)c(C)c1. The van der Waals surface area contributed by atoms with Gasteiger partial charge in [-0.3, -0.25) is 4.72 Å². The Balaban J connectivity index is 1.54.